The number of carbonyl (C=O) groups is 1. The molecule has 4 nitrogen and oxygen atoms in total. The van der Waals surface area contributed by atoms with Gasteiger partial charge in [0.1, 0.15) is 0 Å². The summed E-state index contributed by atoms with van der Waals surface area (Å²) >= 11 is 0. The van der Waals surface area contributed by atoms with Gasteiger partial charge in [0, 0.05) is 26.2 Å². The molecule has 112 valence electrons. The van der Waals surface area contributed by atoms with Crippen molar-refractivity contribution in [3.63, 3.8) is 0 Å². The fourth-order valence-electron chi connectivity index (χ4n) is 2.28. The summed E-state index contributed by atoms with van der Waals surface area (Å²) < 4.78 is 24.7. The number of rotatable bonds is 5. The van der Waals surface area contributed by atoms with Crippen molar-refractivity contribution in [2.45, 2.75) is 39.2 Å². The molecule has 0 bridgehead atoms. The number of hydrogen-bond acceptors (Lipinski definition) is 3. The lowest BCUT2D eigenvalue weighted by molar-refractivity contribution is -0.133. The summed E-state index contributed by atoms with van der Waals surface area (Å²) in [6, 6.07) is -0.480. The third kappa shape index (κ3) is 5.03. The second kappa shape index (κ2) is 7.75. The molecule has 0 spiro atoms. The molecule has 2 N–H and O–H groups in total. The van der Waals surface area contributed by atoms with Gasteiger partial charge in [0.15, 0.2) is 0 Å². The van der Waals surface area contributed by atoms with E-state index < -0.39 is 12.5 Å². The van der Waals surface area contributed by atoms with E-state index in [9.17, 15) is 13.6 Å². The van der Waals surface area contributed by atoms with E-state index in [1.807, 2.05) is 13.8 Å². The second-order valence-electron chi connectivity index (χ2n) is 5.28. The van der Waals surface area contributed by atoms with Crippen LogP contribution in [0.5, 0.6) is 0 Å². The van der Waals surface area contributed by atoms with Crippen LogP contribution in [0.1, 0.15) is 26.7 Å². The summed E-state index contributed by atoms with van der Waals surface area (Å²) in [4.78, 5) is 15.7. The van der Waals surface area contributed by atoms with Gasteiger partial charge in [-0.15, -0.1) is 0 Å². The van der Waals surface area contributed by atoms with Crippen LogP contribution in [0.15, 0.2) is 0 Å². The van der Waals surface area contributed by atoms with E-state index in [-0.39, 0.29) is 18.4 Å². The number of hydrogen-bond donors (Lipinski definition) is 1. The molecule has 1 heterocycles. The molecule has 1 rings (SSSR count). The van der Waals surface area contributed by atoms with Gasteiger partial charge in [0.05, 0.1) is 12.6 Å². The molecule has 0 aromatic heterocycles. The first-order chi connectivity index (χ1) is 8.95. The van der Waals surface area contributed by atoms with E-state index >= 15 is 0 Å². The summed E-state index contributed by atoms with van der Waals surface area (Å²) in [5, 5.41) is 0. The Balaban J connectivity index is 2.50. The van der Waals surface area contributed by atoms with Crippen molar-refractivity contribution in [3.8, 4) is 0 Å². The fraction of sp³-hybridized carbons (Fsp3) is 0.923. The first-order valence-corrected chi connectivity index (χ1v) is 7.00. The highest BCUT2D eigenvalue weighted by Crippen LogP contribution is 2.11. The van der Waals surface area contributed by atoms with Gasteiger partial charge in [-0.25, -0.2) is 8.78 Å². The number of alkyl halides is 2. The molecule has 0 saturated carbocycles. The molecule has 1 aliphatic heterocycles. The predicted molar refractivity (Wildman–Crippen MR) is 71.1 cm³/mol. The lowest BCUT2D eigenvalue weighted by atomic mass is 9.99. The fourth-order valence-corrected chi connectivity index (χ4v) is 2.28. The Morgan fingerprint density at radius 3 is 2.53 bits per heavy atom. The molecule has 1 aliphatic rings. The van der Waals surface area contributed by atoms with E-state index in [2.05, 4.69) is 0 Å². The van der Waals surface area contributed by atoms with Crippen LogP contribution in [-0.4, -0.2) is 60.9 Å². The van der Waals surface area contributed by atoms with Gasteiger partial charge in [-0.1, -0.05) is 20.3 Å². The second-order valence-corrected chi connectivity index (χ2v) is 5.28. The molecule has 6 heteroatoms. The van der Waals surface area contributed by atoms with Gasteiger partial charge in [-0.2, -0.15) is 0 Å². The van der Waals surface area contributed by atoms with Crippen molar-refractivity contribution in [1.29, 1.82) is 0 Å². The molecule has 1 amide bonds. The number of nitrogens with zero attached hydrogens (tertiary/aromatic N) is 2. The minimum Gasteiger partial charge on any atom is -0.340 e. The maximum atomic E-state index is 12.3. The Morgan fingerprint density at radius 2 is 1.95 bits per heavy atom. The molecule has 2 unspecified atom stereocenters. The molecule has 0 aliphatic carbocycles. The Morgan fingerprint density at radius 1 is 1.26 bits per heavy atom. The quantitative estimate of drug-likeness (QED) is 0.820. The minimum atomic E-state index is -2.32. The van der Waals surface area contributed by atoms with Crippen molar-refractivity contribution in [2.24, 2.45) is 11.7 Å². The first kappa shape index (κ1) is 16.3. The van der Waals surface area contributed by atoms with Crippen LogP contribution in [0.4, 0.5) is 8.78 Å². The maximum absolute atomic E-state index is 12.3. The van der Waals surface area contributed by atoms with Crippen LogP contribution in [0, 0.1) is 5.92 Å². The van der Waals surface area contributed by atoms with Crippen LogP contribution in [0.3, 0.4) is 0 Å². The number of halogens is 2. The average molecular weight is 277 g/mol. The number of nitrogens with two attached hydrogens (primary N) is 1. The highest BCUT2D eigenvalue weighted by molar-refractivity contribution is 5.82. The van der Waals surface area contributed by atoms with Crippen molar-refractivity contribution in [1.82, 2.24) is 9.80 Å². The lowest BCUT2D eigenvalue weighted by Gasteiger charge is -2.27. The summed E-state index contributed by atoms with van der Waals surface area (Å²) in [6.07, 6.45) is -0.728. The normalized spacial score (nSPS) is 21.3. The molecule has 0 radical (unpaired) electrons. The predicted octanol–water partition coefficient (Wildman–Crippen LogP) is 1.16. The van der Waals surface area contributed by atoms with Gasteiger partial charge in [0.2, 0.25) is 5.91 Å². The third-order valence-corrected chi connectivity index (χ3v) is 3.84. The largest absolute Gasteiger partial charge is 0.340 e. The monoisotopic (exact) mass is 277 g/mol. The van der Waals surface area contributed by atoms with Gasteiger partial charge in [0.25, 0.3) is 6.43 Å². The zero-order valence-corrected chi connectivity index (χ0v) is 11.8. The van der Waals surface area contributed by atoms with Gasteiger partial charge >= 0.3 is 0 Å². The van der Waals surface area contributed by atoms with E-state index in [0.29, 0.717) is 26.2 Å². The third-order valence-electron chi connectivity index (χ3n) is 3.84. The van der Waals surface area contributed by atoms with Crippen LogP contribution in [0.2, 0.25) is 0 Å². The molecule has 0 aromatic rings. The van der Waals surface area contributed by atoms with Crippen LogP contribution in [-0.2, 0) is 4.79 Å². The number of carbonyl (C=O) groups excluding carboxylic acids is 1. The molecular weight excluding hydrogens is 252 g/mol. The van der Waals surface area contributed by atoms with Crippen molar-refractivity contribution >= 4 is 5.91 Å². The van der Waals surface area contributed by atoms with E-state index in [1.165, 1.54) is 0 Å². The molecule has 1 fully saturated rings. The summed E-state index contributed by atoms with van der Waals surface area (Å²) in [5.41, 5.74) is 5.94. The SMILES string of the molecule is CCC(C)C(N)C(=O)N1CCCN(CC(F)F)CC1. The molecule has 19 heavy (non-hydrogen) atoms. The van der Waals surface area contributed by atoms with Crippen molar-refractivity contribution in [3.05, 3.63) is 0 Å². The van der Waals surface area contributed by atoms with Gasteiger partial charge < -0.3 is 10.6 Å². The first-order valence-electron chi connectivity index (χ1n) is 7.00. The van der Waals surface area contributed by atoms with Crippen LogP contribution in [0.25, 0.3) is 0 Å². The number of amides is 1. The molecular formula is C13H25F2N3O. The smallest absolute Gasteiger partial charge is 0.251 e. The maximum Gasteiger partial charge on any atom is 0.251 e. The lowest BCUT2D eigenvalue weighted by Crippen LogP contribution is -2.48. The Labute approximate surface area is 113 Å². The van der Waals surface area contributed by atoms with Crippen LogP contribution < -0.4 is 5.73 Å². The summed E-state index contributed by atoms with van der Waals surface area (Å²) in [5.74, 6) is 0.0983. The zero-order valence-electron chi connectivity index (χ0n) is 11.8. The topological polar surface area (TPSA) is 49.6 Å². The highest BCUT2D eigenvalue weighted by atomic mass is 19.3. The Bertz CT molecular complexity index is 289. The Hall–Kier alpha value is -0.750. The van der Waals surface area contributed by atoms with Gasteiger partial charge in [-0.3, -0.25) is 9.69 Å². The van der Waals surface area contributed by atoms with Crippen LogP contribution >= 0.6 is 0 Å². The van der Waals surface area contributed by atoms with E-state index in [1.54, 1.807) is 9.80 Å². The van der Waals surface area contributed by atoms with Crippen molar-refractivity contribution in [2.75, 3.05) is 32.7 Å². The van der Waals surface area contributed by atoms with E-state index in [0.717, 1.165) is 12.8 Å². The average Bonchev–Trinajstić information content (AvgIpc) is 2.61. The van der Waals surface area contributed by atoms with Crippen molar-refractivity contribution < 1.29 is 13.6 Å². The Kier molecular flexibility index (Phi) is 6.65. The van der Waals surface area contributed by atoms with Gasteiger partial charge in [-0.05, 0) is 12.3 Å². The summed E-state index contributed by atoms with van der Waals surface area (Å²) in [7, 11) is 0. The molecule has 1 saturated heterocycles. The van der Waals surface area contributed by atoms with E-state index in [4.69, 9.17) is 5.73 Å². The molecule has 0 aromatic carbocycles. The zero-order chi connectivity index (χ0) is 14.4. The standard InChI is InChI=1S/C13H25F2N3O/c1-3-10(2)12(16)13(19)18-6-4-5-17(7-8-18)9-11(14)15/h10-12H,3-9,16H2,1-2H3. The highest BCUT2D eigenvalue weighted by Gasteiger charge is 2.27. The minimum absolute atomic E-state index is 0.0479. The molecule has 2 atom stereocenters. The summed E-state index contributed by atoms with van der Waals surface area (Å²) in [6.45, 7) is 5.99.